The molecule has 25 heavy (non-hydrogen) atoms. The van der Waals surface area contributed by atoms with E-state index in [4.69, 9.17) is 4.74 Å². The lowest BCUT2D eigenvalue weighted by molar-refractivity contribution is -0.119. The highest BCUT2D eigenvalue weighted by molar-refractivity contribution is 7.99. The van der Waals surface area contributed by atoms with Gasteiger partial charge in [-0.15, -0.1) is 11.8 Å². The molecule has 0 saturated carbocycles. The molecule has 2 aromatic rings. The Balaban J connectivity index is 1.71. The fourth-order valence-corrected chi connectivity index (χ4v) is 2.94. The molecule has 0 aliphatic rings. The van der Waals surface area contributed by atoms with Crippen LogP contribution < -0.4 is 15.6 Å². The molecule has 2 amide bonds. The van der Waals surface area contributed by atoms with Crippen molar-refractivity contribution >= 4 is 23.6 Å². The van der Waals surface area contributed by atoms with Crippen LogP contribution >= 0.6 is 11.8 Å². The molecule has 0 atom stereocenters. The minimum atomic E-state index is -0.361. The number of hydrogen-bond donors (Lipinski definition) is 2. The van der Waals surface area contributed by atoms with Gasteiger partial charge in [-0.05, 0) is 43.7 Å². The Morgan fingerprint density at radius 2 is 1.84 bits per heavy atom. The van der Waals surface area contributed by atoms with Crippen LogP contribution in [0.4, 0.5) is 0 Å². The maximum absolute atomic E-state index is 12.0. The number of aryl methyl sites for hydroxylation is 1. The molecule has 0 radical (unpaired) electrons. The monoisotopic (exact) mass is 358 g/mol. The lowest BCUT2D eigenvalue weighted by atomic mass is 10.2. The number of thioether (sulfide) groups is 1. The fourth-order valence-electron chi connectivity index (χ4n) is 2.17. The van der Waals surface area contributed by atoms with Crippen molar-refractivity contribution in [1.82, 2.24) is 10.9 Å². The molecule has 6 heteroatoms. The van der Waals surface area contributed by atoms with Crippen molar-refractivity contribution in [2.24, 2.45) is 0 Å². The minimum Gasteiger partial charge on any atom is -0.494 e. The molecule has 0 fully saturated rings. The average molecular weight is 358 g/mol. The predicted molar refractivity (Wildman–Crippen MR) is 101 cm³/mol. The van der Waals surface area contributed by atoms with Gasteiger partial charge in [0.25, 0.3) is 5.91 Å². The number of ether oxygens (including phenoxy) is 1. The van der Waals surface area contributed by atoms with Crippen molar-refractivity contribution in [2.45, 2.75) is 19.6 Å². The molecule has 2 aromatic carbocycles. The second-order valence-electron chi connectivity index (χ2n) is 5.44. The van der Waals surface area contributed by atoms with Gasteiger partial charge in [-0.25, -0.2) is 0 Å². The number of benzene rings is 2. The van der Waals surface area contributed by atoms with E-state index in [1.807, 2.05) is 32.0 Å². The lowest BCUT2D eigenvalue weighted by Gasteiger charge is -2.08. The van der Waals surface area contributed by atoms with Gasteiger partial charge in [0.05, 0.1) is 12.4 Å². The van der Waals surface area contributed by atoms with Gasteiger partial charge in [0, 0.05) is 11.3 Å². The zero-order valence-corrected chi connectivity index (χ0v) is 15.2. The van der Waals surface area contributed by atoms with Gasteiger partial charge < -0.3 is 4.74 Å². The highest BCUT2D eigenvalue weighted by Gasteiger charge is 2.08. The van der Waals surface area contributed by atoms with Gasteiger partial charge >= 0.3 is 0 Å². The molecule has 0 aliphatic carbocycles. The first-order valence-electron chi connectivity index (χ1n) is 8.04. The molecule has 0 spiro atoms. The summed E-state index contributed by atoms with van der Waals surface area (Å²) in [7, 11) is 0. The Bertz CT molecular complexity index is 717. The van der Waals surface area contributed by atoms with E-state index in [0.717, 1.165) is 5.75 Å². The molecule has 0 heterocycles. The van der Waals surface area contributed by atoms with Gasteiger partial charge in [0.2, 0.25) is 5.91 Å². The van der Waals surface area contributed by atoms with Crippen LogP contribution in [0.15, 0.2) is 48.5 Å². The number of amides is 2. The summed E-state index contributed by atoms with van der Waals surface area (Å²) in [6, 6.07) is 14.9. The predicted octanol–water partition coefficient (Wildman–Crippen LogP) is 3.09. The summed E-state index contributed by atoms with van der Waals surface area (Å²) in [6.45, 7) is 4.51. The van der Waals surface area contributed by atoms with Crippen LogP contribution in [0.2, 0.25) is 0 Å². The molecule has 2 N–H and O–H groups in total. The Morgan fingerprint density at radius 3 is 2.52 bits per heavy atom. The summed E-state index contributed by atoms with van der Waals surface area (Å²) >= 11 is 1.50. The third-order valence-electron chi connectivity index (χ3n) is 3.33. The minimum absolute atomic E-state index is 0.239. The van der Waals surface area contributed by atoms with Gasteiger partial charge in [-0.1, -0.05) is 29.8 Å². The quantitative estimate of drug-likeness (QED) is 0.747. The van der Waals surface area contributed by atoms with E-state index in [9.17, 15) is 9.59 Å². The largest absolute Gasteiger partial charge is 0.494 e. The number of carbonyl (C=O) groups excluding carboxylic acids is 2. The lowest BCUT2D eigenvalue weighted by Crippen LogP contribution is -2.42. The van der Waals surface area contributed by atoms with E-state index < -0.39 is 0 Å². The zero-order valence-electron chi connectivity index (χ0n) is 14.4. The first kappa shape index (κ1) is 18.9. The van der Waals surface area contributed by atoms with Crippen LogP contribution in [0.25, 0.3) is 0 Å². The smallest absolute Gasteiger partial charge is 0.269 e. The van der Waals surface area contributed by atoms with E-state index in [1.165, 1.54) is 22.9 Å². The molecule has 2 rings (SSSR count). The molecule has 0 bridgehead atoms. The van der Waals surface area contributed by atoms with Crippen LogP contribution in [-0.2, 0) is 10.5 Å². The molecule has 0 unspecified atom stereocenters. The molecular formula is C19H22N2O3S. The summed E-state index contributed by atoms with van der Waals surface area (Å²) in [5, 5.41) is 0. The standard InChI is InChI=1S/C19H22N2O3S/c1-3-24-17-9-7-16(8-10-17)19(23)21-20-18(22)13-25-12-15-6-4-5-14(2)11-15/h4-11H,3,12-13H2,1-2H3,(H,20,22)(H,21,23). The maximum atomic E-state index is 12.0. The summed E-state index contributed by atoms with van der Waals surface area (Å²) in [6.07, 6.45) is 0. The van der Waals surface area contributed by atoms with Crippen molar-refractivity contribution < 1.29 is 14.3 Å². The van der Waals surface area contributed by atoms with Gasteiger partial charge in [-0.2, -0.15) is 0 Å². The summed E-state index contributed by atoms with van der Waals surface area (Å²) in [4.78, 5) is 23.8. The van der Waals surface area contributed by atoms with Crippen molar-refractivity contribution in [3.05, 3.63) is 65.2 Å². The van der Waals surface area contributed by atoms with Gasteiger partial charge in [0.15, 0.2) is 0 Å². The van der Waals surface area contributed by atoms with E-state index >= 15 is 0 Å². The highest BCUT2D eigenvalue weighted by Crippen LogP contribution is 2.13. The number of carbonyl (C=O) groups is 2. The fraction of sp³-hybridized carbons (Fsp3) is 0.263. The third kappa shape index (κ3) is 6.51. The molecule has 5 nitrogen and oxygen atoms in total. The molecular weight excluding hydrogens is 336 g/mol. The van der Waals surface area contributed by atoms with Crippen LogP contribution in [0.3, 0.4) is 0 Å². The van der Waals surface area contributed by atoms with Crippen LogP contribution in [0, 0.1) is 6.92 Å². The first-order chi connectivity index (χ1) is 12.1. The zero-order chi connectivity index (χ0) is 18.1. The van der Waals surface area contributed by atoms with Crippen molar-refractivity contribution in [1.29, 1.82) is 0 Å². The molecule has 0 aliphatic heterocycles. The van der Waals surface area contributed by atoms with Crippen molar-refractivity contribution in [2.75, 3.05) is 12.4 Å². The Kier molecular flexibility index (Phi) is 7.35. The van der Waals surface area contributed by atoms with E-state index in [1.54, 1.807) is 24.3 Å². The maximum Gasteiger partial charge on any atom is 0.269 e. The second kappa shape index (κ2) is 9.74. The van der Waals surface area contributed by atoms with Gasteiger partial charge in [0.1, 0.15) is 5.75 Å². The van der Waals surface area contributed by atoms with E-state index in [-0.39, 0.29) is 17.6 Å². The van der Waals surface area contributed by atoms with Crippen molar-refractivity contribution in [3.8, 4) is 5.75 Å². The van der Waals surface area contributed by atoms with Crippen LogP contribution in [-0.4, -0.2) is 24.2 Å². The molecule has 132 valence electrons. The van der Waals surface area contributed by atoms with Crippen molar-refractivity contribution in [3.63, 3.8) is 0 Å². The summed E-state index contributed by atoms with van der Waals surface area (Å²) in [5.41, 5.74) is 7.67. The Labute approximate surface area is 152 Å². The highest BCUT2D eigenvalue weighted by atomic mass is 32.2. The Morgan fingerprint density at radius 1 is 1.08 bits per heavy atom. The molecule has 0 saturated heterocycles. The van der Waals surface area contributed by atoms with E-state index in [2.05, 4.69) is 16.9 Å². The topological polar surface area (TPSA) is 67.4 Å². The Hall–Kier alpha value is -2.47. The van der Waals surface area contributed by atoms with Crippen LogP contribution in [0.1, 0.15) is 28.4 Å². The first-order valence-corrected chi connectivity index (χ1v) is 9.19. The average Bonchev–Trinajstić information content (AvgIpc) is 2.61. The summed E-state index contributed by atoms with van der Waals surface area (Å²) < 4.78 is 5.32. The third-order valence-corrected chi connectivity index (χ3v) is 4.33. The van der Waals surface area contributed by atoms with E-state index in [0.29, 0.717) is 17.9 Å². The molecule has 0 aromatic heterocycles. The SMILES string of the molecule is CCOc1ccc(C(=O)NNC(=O)CSCc2cccc(C)c2)cc1. The van der Waals surface area contributed by atoms with Crippen LogP contribution in [0.5, 0.6) is 5.75 Å². The number of rotatable bonds is 7. The second-order valence-corrected chi connectivity index (χ2v) is 6.43. The number of hydrogen-bond acceptors (Lipinski definition) is 4. The number of hydrazine groups is 1. The normalized spacial score (nSPS) is 10.2. The number of nitrogens with one attached hydrogen (secondary N) is 2. The van der Waals surface area contributed by atoms with Gasteiger partial charge in [-0.3, -0.25) is 20.4 Å². The summed E-state index contributed by atoms with van der Waals surface area (Å²) in [5.74, 6) is 1.13.